The molecule has 0 saturated carbocycles. The largest absolute Gasteiger partial charge is 0.361 e. The molecule has 0 aliphatic rings. The Balaban J connectivity index is 2.40. The molecule has 3 heteroatoms. The Morgan fingerprint density at radius 1 is 1.36 bits per heavy atom. The van der Waals surface area contributed by atoms with E-state index in [0.717, 1.165) is 28.9 Å². The van der Waals surface area contributed by atoms with Crippen molar-refractivity contribution in [2.24, 2.45) is 0 Å². The van der Waals surface area contributed by atoms with Crippen molar-refractivity contribution in [3.05, 3.63) is 35.0 Å². The second kappa shape index (κ2) is 4.03. The second-order valence-corrected chi connectivity index (χ2v) is 3.71. The second-order valence-electron chi connectivity index (χ2n) is 3.33. The quantitative estimate of drug-likeness (QED) is 0.798. The summed E-state index contributed by atoms with van der Waals surface area (Å²) < 4.78 is 0. The van der Waals surface area contributed by atoms with E-state index in [1.807, 2.05) is 19.3 Å². The molecule has 0 atom stereocenters. The molecule has 0 aliphatic heterocycles. The van der Waals surface area contributed by atoms with Crippen LogP contribution in [0.5, 0.6) is 0 Å². The zero-order valence-electron chi connectivity index (χ0n) is 8.10. The topological polar surface area (TPSA) is 27.8 Å². The van der Waals surface area contributed by atoms with Gasteiger partial charge in [-0.3, -0.25) is 0 Å². The van der Waals surface area contributed by atoms with E-state index >= 15 is 0 Å². The van der Waals surface area contributed by atoms with Crippen LogP contribution in [0.1, 0.15) is 5.56 Å². The van der Waals surface area contributed by atoms with Crippen LogP contribution in [0.2, 0.25) is 5.02 Å². The molecule has 0 saturated heterocycles. The van der Waals surface area contributed by atoms with Crippen LogP contribution in [-0.4, -0.2) is 18.6 Å². The van der Waals surface area contributed by atoms with E-state index in [-0.39, 0.29) is 0 Å². The van der Waals surface area contributed by atoms with Crippen molar-refractivity contribution in [2.45, 2.75) is 6.42 Å². The lowest BCUT2D eigenvalue weighted by molar-refractivity contribution is 0.792. The Kier molecular flexibility index (Phi) is 2.75. The van der Waals surface area contributed by atoms with Crippen LogP contribution >= 0.6 is 11.6 Å². The molecule has 1 heterocycles. The molecule has 1 aromatic carbocycles. The molecule has 0 bridgehead atoms. The molecule has 2 rings (SSSR count). The number of benzene rings is 1. The zero-order valence-corrected chi connectivity index (χ0v) is 8.86. The molecule has 0 unspecified atom stereocenters. The van der Waals surface area contributed by atoms with Gasteiger partial charge in [-0.05, 0) is 37.7 Å². The van der Waals surface area contributed by atoms with Gasteiger partial charge in [0.15, 0.2) is 0 Å². The van der Waals surface area contributed by atoms with Crippen LogP contribution in [-0.2, 0) is 6.42 Å². The third kappa shape index (κ3) is 1.63. The van der Waals surface area contributed by atoms with E-state index in [1.165, 1.54) is 5.56 Å². The average molecular weight is 209 g/mol. The highest BCUT2D eigenvalue weighted by atomic mass is 35.5. The molecule has 14 heavy (non-hydrogen) atoms. The maximum absolute atomic E-state index is 6.27. The van der Waals surface area contributed by atoms with E-state index in [9.17, 15) is 0 Å². The number of hydrogen-bond donors (Lipinski definition) is 2. The maximum Gasteiger partial charge on any atom is 0.0532 e. The molecule has 2 aromatic rings. The summed E-state index contributed by atoms with van der Waals surface area (Å²) in [6, 6.07) is 6.17. The minimum Gasteiger partial charge on any atom is -0.361 e. The van der Waals surface area contributed by atoms with Gasteiger partial charge in [0.05, 0.1) is 5.02 Å². The molecule has 0 amide bonds. The third-order valence-corrected chi connectivity index (χ3v) is 2.84. The first kappa shape index (κ1) is 9.56. The van der Waals surface area contributed by atoms with Crippen molar-refractivity contribution >= 4 is 22.5 Å². The summed E-state index contributed by atoms with van der Waals surface area (Å²) in [7, 11) is 1.95. The zero-order chi connectivity index (χ0) is 9.97. The van der Waals surface area contributed by atoms with Gasteiger partial charge in [0.1, 0.15) is 0 Å². The monoisotopic (exact) mass is 208 g/mol. The molecule has 1 aromatic heterocycles. The number of aromatic nitrogens is 1. The van der Waals surface area contributed by atoms with Crippen LogP contribution in [0, 0.1) is 0 Å². The molecule has 0 fully saturated rings. The number of hydrogen-bond acceptors (Lipinski definition) is 1. The van der Waals surface area contributed by atoms with Gasteiger partial charge < -0.3 is 10.3 Å². The van der Waals surface area contributed by atoms with Crippen molar-refractivity contribution in [3.8, 4) is 0 Å². The highest BCUT2D eigenvalue weighted by molar-refractivity contribution is 6.36. The van der Waals surface area contributed by atoms with Gasteiger partial charge in [0, 0.05) is 17.1 Å². The van der Waals surface area contributed by atoms with Crippen LogP contribution in [0.3, 0.4) is 0 Å². The Morgan fingerprint density at radius 3 is 3.00 bits per heavy atom. The van der Waals surface area contributed by atoms with Gasteiger partial charge in [-0.25, -0.2) is 0 Å². The summed E-state index contributed by atoms with van der Waals surface area (Å²) in [5, 5.41) is 5.10. The van der Waals surface area contributed by atoms with Crippen molar-refractivity contribution < 1.29 is 0 Å². The Morgan fingerprint density at radius 2 is 2.21 bits per heavy atom. The van der Waals surface area contributed by atoms with Crippen LogP contribution in [0.15, 0.2) is 24.4 Å². The fraction of sp³-hybridized carbons (Fsp3) is 0.273. The molecule has 0 radical (unpaired) electrons. The minimum atomic E-state index is 0.874. The highest BCUT2D eigenvalue weighted by Gasteiger charge is 2.05. The average Bonchev–Trinajstić information content (AvgIpc) is 2.66. The predicted octanol–water partition coefficient (Wildman–Crippen LogP) is 2.58. The molecule has 2 N–H and O–H groups in total. The number of nitrogens with one attached hydrogen (secondary N) is 2. The van der Waals surface area contributed by atoms with E-state index in [2.05, 4.69) is 22.4 Å². The first-order chi connectivity index (χ1) is 6.83. The van der Waals surface area contributed by atoms with Gasteiger partial charge in [0.25, 0.3) is 0 Å². The maximum atomic E-state index is 6.27. The first-order valence-electron chi connectivity index (χ1n) is 4.72. The smallest absolute Gasteiger partial charge is 0.0532 e. The van der Waals surface area contributed by atoms with Crippen LogP contribution < -0.4 is 5.32 Å². The van der Waals surface area contributed by atoms with E-state index in [0.29, 0.717) is 0 Å². The van der Waals surface area contributed by atoms with Gasteiger partial charge in [-0.2, -0.15) is 0 Å². The van der Waals surface area contributed by atoms with Crippen molar-refractivity contribution in [1.82, 2.24) is 10.3 Å². The lowest BCUT2D eigenvalue weighted by Crippen LogP contribution is -2.10. The molecule has 0 aliphatic carbocycles. The summed E-state index contributed by atoms with van der Waals surface area (Å²) in [4.78, 5) is 3.14. The predicted molar refractivity (Wildman–Crippen MR) is 60.9 cm³/mol. The number of fused-ring (bicyclic) bond motifs is 1. The van der Waals surface area contributed by atoms with Crippen molar-refractivity contribution in [2.75, 3.05) is 13.6 Å². The summed E-state index contributed by atoms with van der Waals surface area (Å²) in [5.41, 5.74) is 2.30. The first-order valence-corrected chi connectivity index (χ1v) is 5.10. The molecule has 74 valence electrons. The normalized spacial score (nSPS) is 11.0. The number of likely N-dealkylation sites (N-methyl/N-ethyl adjacent to an activating group) is 1. The molecular weight excluding hydrogens is 196 g/mol. The Bertz CT molecular complexity index is 434. The number of halogens is 1. The van der Waals surface area contributed by atoms with E-state index in [1.54, 1.807) is 0 Å². The van der Waals surface area contributed by atoms with Gasteiger partial charge in [-0.1, -0.05) is 17.7 Å². The van der Waals surface area contributed by atoms with E-state index in [4.69, 9.17) is 11.6 Å². The number of rotatable bonds is 3. The fourth-order valence-corrected chi connectivity index (χ4v) is 1.92. The van der Waals surface area contributed by atoms with Crippen LogP contribution in [0.4, 0.5) is 0 Å². The highest BCUT2D eigenvalue weighted by Crippen LogP contribution is 2.26. The van der Waals surface area contributed by atoms with Gasteiger partial charge in [0.2, 0.25) is 0 Å². The molecule has 2 nitrogen and oxygen atoms in total. The minimum absolute atomic E-state index is 0.874. The summed E-state index contributed by atoms with van der Waals surface area (Å²) in [6.45, 7) is 0.954. The van der Waals surface area contributed by atoms with Gasteiger partial charge >= 0.3 is 0 Å². The Labute approximate surface area is 88.3 Å². The fourth-order valence-electron chi connectivity index (χ4n) is 1.59. The van der Waals surface area contributed by atoms with Gasteiger partial charge in [-0.15, -0.1) is 0 Å². The summed E-state index contributed by atoms with van der Waals surface area (Å²) in [6.07, 6.45) is 2.88. The van der Waals surface area contributed by atoms with Crippen molar-refractivity contribution in [3.63, 3.8) is 0 Å². The lowest BCUT2D eigenvalue weighted by Gasteiger charge is -2.04. The van der Waals surface area contributed by atoms with Crippen molar-refractivity contribution in [1.29, 1.82) is 0 Å². The summed E-state index contributed by atoms with van der Waals surface area (Å²) in [5.74, 6) is 0. The number of aromatic amines is 1. The third-order valence-electron chi connectivity index (χ3n) is 2.39. The molecule has 0 spiro atoms. The molecular formula is C11H13ClN2. The SMILES string of the molecule is CNCCc1ccc2[nH]ccc2c1Cl. The Hall–Kier alpha value is -0.990. The summed E-state index contributed by atoms with van der Waals surface area (Å²) >= 11 is 6.27. The number of H-pyrrole nitrogens is 1. The van der Waals surface area contributed by atoms with E-state index < -0.39 is 0 Å². The standard InChI is InChI=1S/C11H13ClN2/c1-13-6-4-8-2-3-10-9(11(8)12)5-7-14-10/h2-3,5,7,13-14H,4,6H2,1H3. The van der Waals surface area contributed by atoms with Crippen LogP contribution in [0.25, 0.3) is 10.9 Å². The lowest BCUT2D eigenvalue weighted by atomic mass is 10.1.